The molecule has 31 heavy (non-hydrogen) atoms. The molecule has 1 aliphatic heterocycles. The van der Waals surface area contributed by atoms with Gasteiger partial charge in [0.25, 0.3) is 0 Å². The minimum absolute atomic E-state index is 0.00769. The Bertz CT molecular complexity index is 995. The Morgan fingerprint density at radius 3 is 2.42 bits per heavy atom. The molecule has 0 spiro atoms. The first kappa shape index (κ1) is 22.7. The van der Waals surface area contributed by atoms with Gasteiger partial charge in [0.05, 0.1) is 18.7 Å². The van der Waals surface area contributed by atoms with Crippen molar-refractivity contribution in [2.45, 2.75) is 52.5 Å². The van der Waals surface area contributed by atoms with Gasteiger partial charge in [-0.05, 0) is 49.1 Å². The zero-order valence-corrected chi connectivity index (χ0v) is 18.1. The number of allylic oxidation sites excluding steroid dienone is 1. The number of nitrogens with zero attached hydrogens (tertiary/aromatic N) is 1. The van der Waals surface area contributed by atoms with Crippen LogP contribution in [-0.4, -0.2) is 23.4 Å². The van der Waals surface area contributed by atoms with Crippen LogP contribution in [0.2, 0.25) is 0 Å². The van der Waals surface area contributed by atoms with E-state index in [4.69, 9.17) is 4.74 Å². The topological polar surface area (TPSA) is 46.6 Å². The predicted molar refractivity (Wildman–Crippen MR) is 114 cm³/mol. The molecule has 0 aliphatic carbocycles. The van der Waals surface area contributed by atoms with Crippen molar-refractivity contribution in [1.82, 2.24) is 4.90 Å². The Kier molecular flexibility index (Phi) is 7.21. The third-order valence-electron chi connectivity index (χ3n) is 5.47. The maximum Gasteiger partial charge on any atom is 0.336 e. The number of rotatable bonds is 7. The minimum Gasteiger partial charge on any atom is -0.463 e. The average molecular weight is 427 g/mol. The molecule has 3 rings (SSSR count). The van der Waals surface area contributed by atoms with Crippen LogP contribution in [0, 0.1) is 18.6 Å². The van der Waals surface area contributed by atoms with E-state index in [1.54, 1.807) is 6.92 Å². The Morgan fingerprint density at radius 1 is 1.13 bits per heavy atom. The van der Waals surface area contributed by atoms with Crippen LogP contribution in [0.5, 0.6) is 0 Å². The normalized spacial score (nSPS) is 16.6. The van der Waals surface area contributed by atoms with Gasteiger partial charge in [0.1, 0.15) is 11.6 Å². The number of halogens is 2. The molecule has 2 aromatic carbocycles. The van der Waals surface area contributed by atoms with Crippen molar-refractivity contribution in [3.63, 3.8) is 0 Å². The van der Waals surface area contributed by atoms with E-state index < -0.39 is 23.5 Å². The van der Waals surface area contributed by atoms with E-state index in [2.05, 4.69) is 0 Å². The van der Waals surface area contributed by atoms with Crippen LogP contribution in [0.25, 0.3) is 0 Å². The summed E-state index contributed by atoms with van der Waals surface area (Å²) in [4.78, 5) is 27.8. The Morgan fingerprint density at radius 2 is 1.81 bits per heavy atom. The highest BCUT2D eigenvalue weighted by atomic mass is 19.1. The second-order valence-electron chi connectivity index (χ2n) is 7.70. The molecule has 0 saturated heterocycles. The van der Waals surface area contributed by atoms with E-state index in [9.17, 15) is 18.4 Å². The van der Waals surface area contributed by atoms with Crippen LogP contribution >= 0.6 is 0 Å². The zero-order chi connectivity index (χ0) is 22.5. The summed E-state index contributed by atoms with van der Waals surface area (Å²) < 4.78 is 32.8. The molecular formula is C25H27F2NO3. The molecule has 1 amide bonds. The van der Waals surface area contributed by atoms with Crippen molar-refractivity contribution in [2.24, 2.45) is 0 Å². The number of aryl methyl sites for hydroxylation is 1. The van der Waals surface area contributed by atoms with Gasteiger partial charge in [-0.2, -0.15) is 0 Å². The van der Waals surface area contributed by atoms with Gasteiger partial charge in [0.15, 0.2) is 0 Å². The van der Waals surface area contributed by atoms with Crippen molar-refractivity contribution in [3.05, 3.63) is 82.1 Å². The van der Waals surface area contributed by atoms with E-state index in [1.165, 1.54) is 17.0 Å². The molecule has 0 aromatic heterocycles. The van der Waals surface area contributed by atoms with Crippen molar-refractivity contribution in [2.75, 3.05) is 6.61 Å². The van der Waals surface area contributed by atoms with Crippen LogP contribution in [-0.2, 0) is 20.9 Å². The summed E-state index contributed by atoms with van der Waals surface area (Å²) in [7, 11) is 0. The van der Waals surface area contributed by atoms with E-state index in [-0.39, 0.29) is 25.5 Å². The third-order valence-corrected chi connectivity index (χ3v) is 5.47. The third kappa shape index (κ3) is 5.01. The molecule has 1 atom stereocenters. The molecule has 0 radical (unpaired) electrons. The van der Waals surface area contributed by atoms with Gasteiger partial charge in [-0.1, -0.05) is 37.6 Å². The Balaban J connectivity index is 2.14. The predicted octanol–water partition coefficient (Wildman–Crippen LogP) is 5.41. The van der Waals surface area contributed by atoms with Crippen LogP contribution in [0.3, 0.4) is 0 Å². The fourth-order valence-corrected chi connectivity index (χ4v) is 4.17. The smallest absolute Gasteiger partial charge is 0.336 e. The summed E-state index contributed by atoms with van der Waals surface area (Å²) in [5.74, 6) is -2.47. The molecule has 1 unspecified atom stereocenters. The lowest BCUT2D eigenvalue weighted by molar-refractivity contribution is -0.140. The van der Waals surface area contributed by atoms with Gasteiger partial charge in [-0.15, -0.1) is 0 Å². The molecule has 0 bridgehead atoms. The van der Waals surface area contributed by atoms with E-state index in [0.29, 0.717) is 29.7 Å². The number of carbonyl (C=O) groups is 2. The SMILES string of the molecule is CCCC1=C(C(=O)OCC)C(c2ccccc2C)CC(=O)N1Cc1cc(F)cc(F)c1. The molecule has 2 aromatic rings. The summed E-state index contributed by atoms with van der Waals surface area (Å²) in [6, 6.07) is 10.9. The van der Waals surface area contributed by atoms with Crippen molar-refractivity contribution < 1.29 is 23.1 Å². The van der Waals surface area contributed by atoms with Crippen LogP contribution < -0.4 is 0 Å². The fraction of sp³-hybridized carbons (Fsp3) is 0.360. The van der Waals surface area contributed by atoms with Crippen molar-refractivity contribution in [3.8, 4) is 0 Å². The summed E-state index contributed by atoms with van der Waals surface area (Å²) in [5, 5.41) is 0. The van der Waals surface area contributed by atoms with E-state index in [0.717, 1.165) is 17.2 Å². The highest BCUT2D eigenvalue weighted by molar-refractivity contribution is 5.96. The highest BCUT2D eigenvalue weighted by Crippen LogP contribution is 2.40. The summed E-state index contributed by atoms with van der Waals surface area (Å²) in [5.41, 5.74) is 3.24. The van der Waals surface area contributed by atoms with Gasteiger partial charge >= 0.3 is 5.97 Å². The Hall–Kier alpha value is -3.02. The standard InChI is InChI=1S/C25H27F2NO3/c1-4-8-22-24(25(30)31-5-2)21(20-10-7-6-9-16(20)3)14-23(29)28(22)15-17-11-18(26)13-19(27)12-17/h6-7,9-13,21H,4-5,8,14-15H2,1-3H3. The van der Waals surface area contributed by atoms with Crippen molar-refractivity contribution in [1.29, 1.82) is 0 Å². The average Bonchev–Trinajstić information content (AvgIpc) is 2.70. The fourth-order valence-electron chi connectivity index (χ4n) is 4.17. The lowest BCUT2D eigenvalue weighted by atomic mass is 9.81. The van der Waals surface area contributed by atoms with Crippen LogP contribution in [0.4, 0.5) is 8.78 Å². The quantitative estimate of drug-likeness (QED) is 0.556. The number of benzene rings is 2. The lowest BCUT2D eigenvalue weighted by Crippen LogP contribution is -2.39. The first-order valence-electron chi connectivity index (χ1n) is 10.6. The summed E-state index contributed by atoms with van der Waals surface area (Å²) in [6.45, 7) is 5.85. The number of hydrogen-bond donors (Lipinski definition) is 0. The number of esters is 1. The number of amides is 1. The second kappa shape index (κ2) is 9.86. The maximum absolute atomic E-state index is 13.7. The van der Waals surface area contributed by atoms with Crippen molar-refractivity contribution >= 4 is 11.9 Å². The molecule has 0 N–H and O–H groups in total. The summed E-state index contributed by atoms with van der Waals surface area (Å²) >= 11 is 0. The number of ether oxygens (including phenoxy) is 1. The minimum atomic E-state index is -0.705. The van der Waals surface area contributed by atoms with Gasteiger partial charge < -0.3 is 9.64 Å². The molecule has 164 valence electrons. The Labute approximate surface area is 181 Å². The lowest BCUT2D eigenvalue weighted by Gasteiger charge is -2.36. The highest BCUT2D eigenvalue weighted by Gasteiger charge is 2.38. The first-order chi connectivity index (χ1) is 14.8. The molecular weight excluding hydrogens is 400 g/mol. The first-order valence-corrected chi connectivity index (χ1v) is 10.6. The number of hydrogen-bond acceptors (Lipinski definition) is 3. The molecule has 6 heteroatoms. The van der Waals surface area contributed by atoms with Gasteiger partial charge in [0, 0.05) is 24.1 Å². The maximum atomic E-state index is 13.7. The van der Waals surface area contributed by atoms with Gasteiger partial charge in [-0.25, -0.2) is 13.6 Å². The van der Waals surface area contributed by atoms with E-state index in [1.807, 2.05) is 38.1 Å². The molecule has 0 saturated carbocycles. The van der Waals surface area contributed by atoms with Crippen LogP contribution in [0.15, 0.2) is 53.7 Å². The van der Waals surface area contributed by atoms with E-state index >= 15 is 0 Å². The van der Waals surface area contributed by atoms with Gasteiger partial charge in [-0.3, -0.25) is 4.79 Å². The molecule has 4 nitrogen and oxygen atoms in total. The monoisotopic (exact) mass is 427 g/mol. The van der Waals surface area contributed by atoms with Crippen LogP contribution in [0.1, 0.15) is 55.7 Å². The molecule has 1 aliphatic rings. The number of carbonyl (C=O) groups excluding carboxylic acids is 2. The van der Waals surface area contributed by atoms with Gasteiger partial charge in [0.2, 0.25) is 5.91 Å². The second-order valence-corrected chi connectivity index (χ2v) is 7.70. The molecule has 0 fully saturated rings. The largest absolute Gasteiger partial charge is 0.463 e. The molecule has 1 heterocycles. The zero-order valence-electron chi connectivity index (χ0n) is 18.1. The summed E-state index contributed by atoms with van der Waals surface area (Å²) in [6.07, 6.45) is 1.25.